The summed E-state index contributed by atoms with van der Waals surface area (Å²) in [6, 6.07) is 12.0. The molecule has 0 aliphatic heterocycles. The van der Waals surface area contributed by atoms with Crippen LogP contribution in [0.2, 0.25) is 0 Å². The van der Waals surface area contributed by atoms with Gasteiger partial charge >= 0.3 is 0 Å². The molecule has 0 heterocycles. The fourth-order valence-electron chi connectivity index (χ4n) is 2.59. The number of para-hydroxylation sites is 1. The Morgan fingerprint density at radius 2 is 1.70 bits per heavy atom. The molecule has 8 nitrogen and oxygen atoms in total. The average molecular weight is 417 g/mol. The molecule has 2 aromatic carbocycles. The maximum absolute atomic E-state index is 13.6. The Labute approximate surface area is 173 Å². The van der Waals surface area contributed by atoms with Crippen LogP contribution in [0.4, 0.5) is 4.39 Å². The number of methoxy groups -OCH3 is 1. The van der Waals surface area contributed by atoms with E-state index in [0.29, 0.717) is 11.3 Å². The predicted molar refractivity (Wildman–Crippen MR) is 107 cm³/mol. The van der Waals surface area contributed by atoms with Crippen LogP contribution in [0.5, 0.6) is 11.5 Å². The lowest BCUT2D eigenvalue weighted by Gasteiger charge is -2.19. The van der Waals surface area contributed by atoms with Gasteiger partial charge in [-0.15, -0.1) is 0 Å². The van der Waals surface area contributed by atoms with Crippen LogP contribution < -0.4 is 25.6 Å². The second kappa shape index (κ2) is 10.8. The molecule has 0 aromatic heterocycles. The zero-order valence-corrected chi connectivity index (χ0v) is 16.9. The zero-order chi connectivity index (χ0) is 22.1. The van der Waals surface area contributed by atoms with Crippen LogP contribution in [0.3, 0.4) is 0 Å². The SMILES string of the molecule is COc1ccc([C@H](CC(=O)NNC(=O)[C@@H](C)Oc2ccccc2F)NC(C)=O)cc1. The van der Waals surface area contributed by atoms with E-state index in [1.807, 2.05) is 0 Å². The number of carbonyl (C=O) groups is 3. The van der Waals surface area contributed by atoms with Gasteiger partial charge in [-0.1, -0.05) is 24.3 Å². The first-order valence-electron chi connectivity index (χ1n) is 9.21. The van der Waals surface area contributed by atoms with E-state index in [-0.39, 0.29) is 18.1 Å². The van der Waals surface area contributed by atoms with Crippen LogP contribution in [-0.2, 0) is 14.4 Å². The standard InChI is InChI=1S/C21H24FN3O5/c1-13(30-19-7-5-4-6-17(19)22)21(28)25-24-20(27)12-18(23-14(2)26)15-8-10-16(29-3)11-9-15/h4-11,13,18H,12H2,1-3H3,(H,23,26)(H,24,27)(H,25,28)/t13-,18+/m1/s1. The van der Waals surface area contributed by atoms with Crippen molar-refractivity contribution < 1.29 is 28.2 Å². The minimum absolute atomic E-state index is 0.0725. The molecule has 0 unspecified atom stereocenters. The molecule has 2 rings (SSSR count). The van der Waals surface area contributed by atoms with Crippen molar-refractivity contribution in [2.75, 3.05) is 7.11 Å². The lowest BCUT2D eigenvalue weighted by atomic mass is 10.0. The second-order valence-electron chi connectivity index (χ2n) is 6.46. The van der Waals surface area contributed by atoms with Gasteiger partial charge in [0.2, 0.25) is 11.8 Å². The third kappa shape index (κ3) is 6.77. The number of nitrogens with one attached hydrogen (secondary N) is 3. The highest BCUT2D eigenvalue weighted by molar-refractivity contribution is 5.85. The quantitative estimate of drug-likeness (QED) is 0.570. The second-order valence-corrected chi connectivity index (χ2v) is 6.46. The highest BCUT2D eigenvalue weighted by atomic mass is 19.1. The van der Waals surface area contributed by atoms with Crippen molar-refractivity contribution in [2.24, 2.45) is 0 Å². The van der Waals surface area contributed by atoms with Crippen molar-refractivity contribution in [2.45, 2.75) is 32.4 Å². The molecular formula is C21H24FN3O5. The molecule has 0 radical (unpaired) electrons. The van der Waals surface area contributed by atoms with Gasteiger partial charge in [-0.3, -0.25) is 25.2 Å². The molecule has 9 heteroatoms. The molecule has 0 fully saturated rings. The zero-order valence-electron chi connectivity index (χ0n) is 16.9. The molecule has 0 aliphatic carbocycles. The first-order chi connectivity index (χ1) is 14.3. The van der Waals surface area contributed by atoms with Crippen molar-refractivity contribution in [3.05, 3.63) is 59.9 Å². The van der Waals surface area contributed by atoms with Crippen LogP contribution in [0.1, 0.15) is 31.9 Å². The number of benzene rings is 2. The Morgan fingerprint density at radius 3 is 2.30 bits per heavy atom. The molecule has 0 aliphatic rings. The van der Waals surface area contributed by atoms with Crippen LogP contribution in [0, 0.1) is 5.82 Å². The fourth-order valence-corrected chi connectivity index (χ4v) is 2.59. The third-order valence-corrected chi connectivity index (χ3v) is 4.12. The Kier molecular flexibility index (Phi) is 8.16. The van der Waals surface area contributed by atoms with Crippen LogP contribution in [-0.4, -0.2) is 30.9 Å². The summed E-state index contributed by atoms with van der Waals surface area (Å²) in [6.07, 6.45) is -1.16. The van der Waals surface area contributed by atoms with Gasteiger partial charge in [0.1, 0.15) is 5.75 Å². The number of hydrazine groups is 1. The minimum Gasteiger partial charge on any atom is -0.497 e. The molecule has 3 amide bonds. The van der Waals surface area contributed by atoms with Crippen molar-refractivity contribution >= 4 is 17.7 Å². The molecular weight excluding hydrogens is 393 g/mol. The van der Waals surface area contributed by atoms with E-state index in [9.17, 15) is 18.8 Å². The summed E-state index contributed by atoms with van der Waals surface area (Å²) in [5.41, 5.74) is 5.20. The van der Waals surface area contributed by atoms with E-state index in [0.717, 1.165) is 0 Å². The van der Waals surface area contributed by atoms with E-state index in [2.05, 4.69) is 16.2 Å². The number of hydrogen-bond acceptors (Lipinski definition) is 5. The van der Waals surface area contributed by atoms with Gasteiger partial charge in [-0.25, -0.2) is 4.39 Å². The van der Waals surface area contributed by atoms with Gasteiger partial charge in [0.05, 0.1) is 19.6 Å². The smallest absolute Gasteiger partial charge is 0.279 e. The molecule has 0 spiro atoms. The summed E-state index contributed by atoms with van der Waals surface area (Å²) in [5.74, 6) is -1.53. The first-order valence-corrected chi connectivity index (χ1v) is 9.21. The minimum atomic E-state index is -1.05. The highest BCUT2D eigenvalue weighted by Gasteiger charge is 2.20. The van der Waals surface area contributed by atoms with Gasteiger partial charge in [0, 0.05) is 6.92 Å². The number of carbonyl (C=O) groups excluding carboxylic acids is 3. The Balaban J connectivity index is 1.91. The first kappa shape index (κ1) is 22.7. The van der Waals surface area contributed by atoms with Crippen molar-refractivity contribution in [3.8, 4) is 11.5 Å². The summed E-state index contributed by atoms with van der Waals surface area (Å²) >= 11 is 0. The van der Waals surface area contributed by atoms with Gasteiger partial charge in [-0.05, 0) is 36.8 Å². The summed E-state index contributed by atoms with van der Waals surface area (Å²) in [4.78, 5) is 35.9. The van der Waals surface area contributed by atoms with Crippen molar-refractivity contribution in [3.63, 3.8) is 0 Å². The largest absolute Gasteiger partial charge is 0.497 e. The van der Waals surface area contributed by atoms with Crippen LogP contribution in [0.15, 0.2) is 48.5 Å². The number of halogens is 1. The van der Waals surface area contributed by atoms with E-state index in [1.54, 1.807) is 30.3 Å². The molecule has 160 valence electrons. The fraction of sp³-hybridized carbons (Fsp3) is 0.286. The molecule has 2 aromatic rings. The maximum atomic E-state index is 13.6. The van der Waals surface area contributed by atoms with Gasteiger partial charge in [-0.2, -0.15) is 0 Å². The van der Waals surface area contributed by atoms with Crippen LogP contribution in [0.25, 0.3) is 0 Å². The summed E-state index contributed by atoms with van der Waals surface area (Å²) in [7, 11) is 1.54. The number of amides is 3. The molecule has 0 bridgehead atoms. The predicted octanol–water partition coefficient (Wildman–Crippen LogP) is 2.02. The maximum Gasteiger partial charge on any atom is 0.279 e. The van der Waals surface area contributed by atoms with Crippen molar-refractivity contribution in [1.29, 1.82) is 0 Å². The lowest BCUT2D eigenvalue weighted by Crippen LogP contribution is -2.48. The van der Waals surface area contributed by atoms with Gasteiger partial charge in [0.15, 0.2) is 17.7 Å². The van der Waals surface area contributed by atoms with Crippen LogP contribution >= 0.6 is 0 Å². The van der Waals surface area contributed by atoms with E-state index >= 15 is 0 Å². The molecule has 3 N–H and O–H groups in total. The normalized spacial score (nSPS) is 12.3. The number of hydrogen-bond donors (Lipinski definition) is 3. The topological polar surface area (TPSA) is 106 Å². The lowest BCUT2D eigenvalue weighted by molar-refractivity contribution is -0.133. The number of rotatable bonds is 8. The monoisotopic (exact) mass is 417 g/mol. The summed E-state index contributed by atoms with van der Waals surface area (Å²) in [5, 5.41) is 2.69. The van der Waals surface area contributed by atoms with E-state index < -0.39 is 29.8 Å². The van der Waals surface area contributed by atoms with E-state index in [4.69, 9.17) is 9.47 Å². The molecule has 0 saturated carbocycles. The highest BCUT2D eigenvalue weighted by Crippen LogP contribution is 2.20. The molecule has 2 atom stereocenters. The molecule has 0 saturated heterocycles. The van der Waals surface area contributed by atoms with Crippen molar-refractivity contribution in [1.82, 2.24) is 16.2 Å². The average Bonchev–Trinajstić information content (AvgIpc) is 2.72. The Bertz CT molecular complexity index is 888. The van der Waals surface area contributed by atoms with Gasteiger partial charge in [0.25, 0.3) is 5.91 Å². The third-order valence-electron chi connectivity index (χ3n) is 4.12. The van der Waals surface area contributed by atoms with Gasteiger partial charge < -0.3 is 14.8 Å². The Morgan fingerprint density at radius 1 is 1.03 bits per heavy atom. The summed E-state index contributed by atoms with van der Waals surface area (Å²) < 4.78 is 24.0. The molecule has 30 heavy (non-hydrogen) atoms. The van der Waals surface area contributed by atoms with E-state index in [1.165, 1.54) is 39.2 Å². The number of ether oxygens (including phenoxy) is 2. The summed E-state index contributed by atoms with van der Waals surface area (Å²) in [6.45, 7) is 2.77. The Hall–Kier alpha value is -3.62.